The number of aryl methyl sites for hydroxylation is 2. The molecule has 0 aliphatic carbocycles. The van der Waals surface area contributed by atoms with Gasteiger partial charge in [0.25, 0.3) is 5.56 Å². The van der Waals surface area contributed by atoms with E-state index in [2.05, 4.69) is 19.2 Å². The molecule has 1 aromatic carbocycles. The summed E-state index contributed by atoms with van der Waals surface area (Å²) in [4.78, 5) is 35.3. The van der Waals surface area contributed by atoms with Gasteiger partial charge in [-0.15, -0.1) is 11.3 Å². The first-order chi connectivity index (χ1) is 17.1. The van der Waals surface area contributed by atoms with Gasteiger partial charge in [-0.05, 0) is 56.9 Å². The molecule has 3 heterocycles. The first kappa shape index (κ1) is 25.5. The number of ether oxygens (including phenoxy) is 1. The molecule has 6 nitrogen and oxygen atoms in total. The van der Waals surface area contributed by atoms with Crippen LogP contribution in [0.3, 0.4) is 0 Å². The van der Waals surface area contributed by atoms with Gasteiger partial charge in [0, 0.05) is 29.6 Å². The maximum Gasteiger partial charge on any atom is 0.331 e. The van der Waals surface area contributed by atoms with Gasteiger partial charge in [-0.2, -0.15) is 0 Å². The zero-order valence-electron chi connectivity index (χ0n) is 21.3. The van der Waals surface area contributed by atoms with Crippen molar-refractivity contribution < 1.29 is 9.53 Å². The summed E-state index contributed by atoms with van der Waals surface area (Å²) in [5, 5.41) is 3.23. The highest BCUT2D eigenvalue weighted by Gasteiger charge is 2.16. The molecule has 0 aliphatic heterocycles. The predicted octanol–water partition coefficient (Wildman–Crippen LogP) is 6.08. The number of hydrogen-bond donors (Lipinski definition) is 0. The molecule has 0 N–H and O–H groups in total. The minimum Gasteiger partial charge on any atom is -0.457 e. The number of thiazole rings is 1. The topological polar surface area (TPSA) is 73.6 Å². The fourth-order valence-electron chi connectivity index (χ4n) is 3.76. The summed E-state index contributed by atoms with van der Waals surface area (Å²) in [6, 6.07) is 13.4. The Morgan fingerprint density at radius 3 is 2.53 bits per heavy atom. The highest BCUT2D eigenvalue weighted by atomic mass is 32.1. The Hall–Kier alpha value is -3.58. The second kappa shape index (κ2) is 10.6. The Labute approximate surface area is 215 Å². The smallest absolute Gasteiger partial charge is 0.331 e. The number of hydrogen-bond acceptors (Lipinski definition) is 6. The Balaban J connectivity index is 1.70. The van der Waals surface area contributed by atoms with Crippen molar-refractivity contribution in [1.29, 1.82) is 0 Å². The quantitative estimate of drug-likeness (QED) is 0.227. The molecule has 0 aliphatic rings. The molecule has 0 amide bonds. The number of pyridine rings is 1. The van der Waals surface area contributed by atoms with Gasteiger partial charge in [-0.25, -0.2) is 14.8 Å². The molecule has 0 atom stereocenters. The van der Waals surface area contributed by atoms with Crippen molar-refractivity contribution in [3.8, 4) is 11.3 Å². The van der Waals surface area contributed by atoms with Crippen molar-refractivity contribution in [1.82, 2.24) is 14.4 Å². The third-order valence-electron chi connectivity index (χ3n) is 5.56. The second-order valence-corrected chi connectivity index (χ2v) is 10.9. The summed E-state index contributed by atoms with van der Waals surface area (Å²) < 4.78 is 6.89. The fraction of sp³-hybridized carbons (Fsp3) is 0.310. The van der Waals surface area contributed by atoms with Crippen molar-refractivity contribution in [3.05, 3.63) is 92.3 Å². The van der Waals surface area contributed by atoms with Crippen molar-refractivity contribution in [2.24, 2.45) is 0 Å². The van der Waals surface area contributed by atoms with E-state index in [4.69, 9.17) is 14.7 Å². The number of carbonyl (C=O) groups excluding carboxylic acids is 1. The molecule has 4 rings (SSSR count). The van der Waals surface area contributed by atoms with Crippen LogP contribution in [-0.2, 0) is 22.4 Å². The van der Waals surface area contributed by atoms with Crippen LogP contribution in [-0.4, -0.2) is 25.9 Å². The van der Waals surface area contributed by atoms with E-state index in [0.717, 1.165) is 34.7 Å². The third-order valence-corrected chi connectivity index (χ3v) is 6.49. The molecule has 0 saturated heterocycles. The van der Waals surface area contributed by atoms with E-state index in [-0.39, 0.29) is 5.56 Å². The molecule has 36 heavy (non-hydrogen) atoms. The van der Waals surface area contributed by atoms with Crippen LogP contribution in [0.15, 0.2) is 64.9 Å². The van der Waals surface area contributed by atoms with Gasteiger partial charge in [0.1, 0.15) is 11.2 Å². The highest BCUT2D eigenvalue weighted by Crippen LogP contribution is 2.23. The molecule has 0 fully saturated rings. The summed E-state index contributed by atoms with van der Waals surface area (Å²) in [5.74, 6) is -0.0918. The molecule has 0 unspecified atom stereocenters. The van der Waals surface area contributed by atoms with Gasteiger partial charge < -0.3 is 4.74 Å². The van der Waals surface area contributed by atoms with Crippen molar-refractivity contribution >= 4 is 29.0 Å². The van der Waals surface area contributed by atoms with Crippen LogP contribution in [0.5, 0.6) is 0 Å². The lowest BCUT2D eigenvalue weighted by Gasteiger charge is -2.18. The lowest BCUT2D eigenvalue weighted by molar-refractivity contribution is -0.148. The molecule has 186 valence electrons. The summed E-state index contributed by atoms with van der Waals surface area (Å²) in [7, 11) is 0. The Morgan fingerprint density at radius 2 is 1.86 bits per heavy atom. The number of fused-ring (bicyclic) bond motifs is 1. The van der Waals surface area contributed by atoms with E-state index in [1.54, 1.807) is 38.3 Å². The molecule has 0 radical (unpaired) electrons. The van der Waals surface area contributed by atoms with Gasteiger partial charge in [-0.1, -0.05) is 44.2 Å². The van der Waals surface area contributed by atoms with Gasteiger partial charge in [0.15, 0.2) is 0 Å². The number of nitrogens with zero attached hydrogens (tertiary/aromatic N) is 3. The number of benzene rings is 1. The maximum absolute atomic E-state index is 13.5. The molecule has 0 spiro atoms. The molecule has 0 bridgehead atoms. The first-order valence-electron chi connectivity index (χ1n) is 12.1. The maximum atomic E-state index is 13.5. The fourth-order valence-corrected chi connectivity index (χ4v) is 4.72. The summed E-state index contributed by atoms with van der Waals surface area (Å²) in [6.07, 6.45) is 6.18. The summed E-state index contributed by atoms with van der Waals surface area (Å²) in [5.41, 5.74) is 3.57. The molecule has 7 heteroatoms. The molecule has 4 aromatic rings. The third kappa shape index (κ3) is 6.15. The Morgan fingerprint density at radius 1 is 1.11 bits per heavy atom. The SMILES string of the molecule is CC(C)c1csc(CCc2ccn3c(=O)c(/C=C/C(=O)OC(C)(C)C)c(-c4ccccc4)nc3c2)n1. The standard InChI is InChI=1S/C29H31N3O3S/c1-19(2)23-18-36-25(30-23)13-11-20-15-16-32-24(17-20)31-27(21-9-7-6-8-10-21)22(28(32)34)12-14-26(33)35-29(3,4)5/h6-10,12,14-19H,11,13H2,1-5H3/b14-12+. The lowest BCUT2D eigenvalue weighted by Crippen LogP contribution is -2.23. The van der Waals surface area contributed by atoms with E-state index in [9.17, 15) is 9.59 Å². The van der Waals surface area contributed by atoms with Gasteiger partial charge >= 0.3 is 5.97 Å². The average Bonchev–Trinajstić information content (AvgIpc) is 3.31. The van der Waals surface area contributed by atoms with Crippen LogP contribution in [0.4, 0.5) is 0 Å². The van der Waals surface area contributed by atoms with Crippen LogP contribution in [0.2, 0.25) is 0 Å². The summed E-state index contributed by atoms with van der Waals surface area (Å²) >= 11 is 1.69. The predicted molar refractivity (Wildman–Crippen MR) is 145 cm³/mol. The second-order valence-electron chi connectivity index (χ2n) is 10.00. The van der Waals surface area contributed by atoms with Crippen LogP contribution < -0.4 is 5.56 Å². The molecule has 3 aromatic heterocycles. The van der Waals surface area contributed by atoms with E-state index in [1.165, 1.54) is 16.6 Å². The number of carbonyl (C=O) groups is 1. The van der Waals surface area contributed by atoms with Crippen molar-refractivity contribution in [2.75, 3.05) is 0 Å². The number of rotatable bonds is 7. The van der Waals surface area contributed by atoms with Crippen LogP contribution >= 0.6 is 11.3 Å². The zero-order valence-corrected chi connectivity index (χ0v) is 22.1. The minimum absolute atomic E-state index is 0.244. The number of esters is 1. The largest absolute Gasteiger partial charge is 0.457 e. The first-order valence-corrected chi connectivity index (χ1v) is 12.9. The van der Waals surface area contributed by atoms with Crippen LogP contribution in [0.25, 0.3) is 23.0 Å². The van der Waals surface area contributed by atoms with Gasteiger partial charge in [0.2, 0.25) is 0 Å². The molecular weight excluding hydrogens is 470 g/mol. The lowest BCUT2D eigenvalue weighted by atomic mass is 10.1. The normalized spacial score (nSPS) is 12.1. The minimum atomic E-state index is -0.619. The number of aromatic nitrogens is 3. The van der Waals surface area contributed by atoms with Gasteiger partial charge in [0.05, 0.1) is 22.0 Å². The van der Waals surface area contributed by atoms with Crippen molar-refractivity contribution in [3.63, 3.8) is 0 Å². The monoisotopic (exact) mass is 501 g/mol. The van der Waals surface area contributed by atoms with E-state index in [1.807, 2.05) is 42.5 Å². The molecular formula is C29H31N3O3S. The molecule has 0 saturated carbocycles. The Kier molecular flexibility index (Phi) is 7.50. The van der Waals surface area contributed by atoms with Crippen LogP contribution in [0, 0.1) is 0 Å². The van der Waals surface area contributed by atoms with Crippen molar-refractivity contribution in [2.45, 2.75) is 59.0 Å². The average molecular weight is 502 g/mol. The van der Waals surface area contributed by atoms with Crippen LogP contribution in [0.1, 0.15) is 62.4 Å². The Bertz CT molecular complexity index is 1460. The zero-order chi connectivity index (χ0) is 25.9. The van der Waals surface area contributed by atoms with E-state index < -0.39 is 11.6 Å². The van der Waals surface area contributed by atoms with E-state index >= 15 is 0 Å². The highest BCUT2D eigenvalue weighted by molar-refractivity contribution is 7.09. The van der Waals surface area contributed by atoms with Gasteiger partial charge in [-0.3, -0.25) is 9.20 Å². The summed E-state index contributed by atoms with van der Waals surface area (Å²) in [6.45, 7) is 9.70. The van der Waals surface area contributed by atoms with E-state index in [0.29, 0.717) is 22.8 Å².